The molecule has 1 N–H and O–H groups in total. The molecule has 2 aromatic rings. The summed E-state index contributed by atoms with van der Waals surface area (Å²) in [5, 5.41) is 7.66. The van der Waals surface area contributed by atoms with Crippen molar-refractivity contribution in [2.75, 3.05) is 14.2 Å². The van der Waals surface area contributed by atoms with E-state index in [2.05, 4.69) is 28.5 Å². The normalized spacial score (nSPS) is 12.4. The summed E-state index contributed by atoms with van der Waals surface area (Å²) in [5.41, 5.74) is 2.13. The number of methoxy groups -OCH3 is 1. The second-order valence-corrected chi connectivity index (χ2v) is 4.36. The van der Waals surface area contributed by atoms with Crippen LogP contribution in [0.4, 0.5) is 0 Å². The van der Waals surface area contributed by atoms with Gasteiger partial charge in [-0.05, 0) is 19.5 Å². The van der Waals surface area contributed by atoms with E-state index < -0.39 is 0 Å². The molecule has 2 aromatic heterocycles. The van der Waals surface area contributed by atoms with Crippen molar-refractivity contribution in [3.8, 4) is 5.88 Å². The quantitative estimate of drug-likeness (QED) is 0.863. The van der Waals surface area contributed by atoms with Gasteiger partial charge in [0.05, 0.1) is 19.3 Å². The largest absolute Gasteiger partial charge is 0.481 e. The van der Waals surface area contributed by atoms with Crippen molar-refractivity contribution in [1.29, 1.82) is 0 Å². The molecule has 0 bridgehead atoms. The predicted octanol–water partition coefficient (Wildman–Crippen LogP) is 2.01. The Morgan fingerprint density at radius 2 is 2.32 bits per heavy atom. The predicted molar refractivity (Wildman–Crippen MR) is 74.2 cm³/mol. The second kappa shape index (κ2) is 6.33. The SMILES string of the molecule is CCCn1cc(C(NC)c2cccnc2OC)cn1. The standard InChI is InChI=1S/C14H20N4O/c1-4-8-18-10-11(9-17-18)13(15-2)12-6-5-7-16-14(12)19-3/h5-7,9-10,13,15H,4,8H2,1-3H3. The van der Waals surface area contributed by atoms with E-state index in [4.69, 9.17) is 4.74 Å². The van der Waals surface area contributed by atoms with Crippen molar-refractivity contribution in [3.63, 3.8) is 0 Å². The molecule has 1 unspecified atom stereocenters. The summed E-state index contributed by atoms with van der Waals surface area (Å²) < 4.78 is 7.29. The van der Waals surface area contributed by atoms with Crippen LogP contribution in [0.25, 0.3) is 0 Å². The Bertz CT molecular complexity index is 524. The molecule has 0 aliphatic rings. The van der Waals surface area contributed by atoms with E-state index in [1.165, 1.54) is 0 Å². The molecule has 1 atom stereocenters. The first-order valence-corrected chi connectivity index (χ1v) is 6.48. The van der Waals surface area contributed by atoms with Crippen LogP contribution in [0.3, 0.4) is 0 Å². The average molecular weight is 260 g/mol. The monoisotopic (exact) mass is 260 g/mol. The Balaban J connectivity index is 2.32. The van der Waals surface area contributed by atoms with Crippen molar-refractivity contribution in [1.82, 2.24) is 20.1 Å². The summed E-state index contributed by atoms with van der Waals surface area (Å²) >= 11 is 0. The van der Waals surface area contributed by atoms with Gasteiger partial charge in [-0.2, -0.15) is 5.10 Å². The molecule has 0 saturated carbocycles. The number of hydrogen-bond acceptors (Lipinski definition) is 4. The molecule has 0 fully saturated rings. The fourth-order valence-electron chi connectivity index (χ4n) is 2.18. The molecule has 0 spiro atoms. The Morgan fingerprint density at radius 3 is 3.00 bits per heavy atom. The third-order valence-electron chi connectivity index (χ3n) is 3.03. The molecule has 0 aromatic carbocycles. The Hall–Kier alpha value is -1.88. The fraction of sp³-hybridized carbons (Fsp3) is 0.429. The summed E-state index contributed by atoms with van der Waals surface area (Å²) in [6, 6.07) is 3.97. The highest BCUT2D eigenvalue weighted by molar-refractivity contribution is 5.35. The third kappa shape index (κ3) is 2.93. The van der Waals surface area contributed by atoms with Gasteiger partial charge in [-0.3, -0.25) is 4.68 Å². The zero-order valence-electron chi connectivity index (χ0n) is 11.6. The summed E-state index contributed by atoms with van der Waals surface area (Å²) in [7, 11) is 3.56. The van der Waals surface area contributed by atoms with Crippen LogP contribution in [-0.2, 0) is 6.54 Å². The van der Waals surface area contributed by atoms with Crippen LogP contribution in [0.15, 0.2) is 30.7 Å². The lowest BCUT2D eigenvalue weighted by Gasteiger charge is -2.17. The zero-order chi connectivity index (χ0) is 13.7. The van der Waals surface area contributed by atoms with Gasteiger partial charge in [-0.1, -0.05) is 13.0 Å². The van der Waals surface area contributed by atoms with Crippen LogP contribution in [0.1, 0.15) is 30.5 Å². The fourth-order valence-corrected chi connectivity index (χ4v) is 2.18. The summed E-state index contributed by atoms with van der Waals surface area (Å²) in [5.74, 6) is 0.644. The number of ether oxygens (including phenoxy) is 1. The number of rotatable bonds is 6. The van der Waals surface area contributed by atoms with Crippen molar-refractivity contribution in [3.05, 3.63) is 41.9 Å². The zero-order valence-corrected chi connectivity index (χ0v) is 11.6. The van der Waals surface area contributed by atoms with E-state index in [-0.39, 0.29) is 6.04 Å². The van der Waals surface area contributed by atoms with E-state index >= 15 is 0 Å². The van der Waals surface area contributed by atoms with Gasteiger partial charge in [0.15, 0.2) is 0 Å². The molecule has 0 aliphatic heterocycles. The maximum Gasteiger partial charge on any atom is 0.218 e. The summed E-state index contributed by atoms with van der Waals surface area (Å²) in [6.45, 7) is 3.07. The lowest BCUT2D eigenvalue weighted by Crippen LogP contribution is -2.18. The second-order valence-electron chi connectivity index (χ2n) is 4.36. The first-order chi connectivity index (χ1) is 9.30. The average Bonchev–Trinajstić information content (AvgIpc) is 2.89. The molecular weight excluding hydrogens is 240 g/mol. The van der Waals surface area contributed by atoms with Crippen molar-refractivity contribution < 1.29 is 4.74 Å². The van der Waals surface area contributed by atoms with Crippen molar-refractivity contribution >= 4 is 0 Å². The van der Waals surface area contributed by atoms with Gasteiger partial charge in [-0.25, -0.2) is 4.98 Å². The molecule has 0 aliphatic carbocycles. The number of pyridine rings is 1. The van der Waals surface area contributed by atoms with Crippen LogP contribution >= 0.6 is 0 Å². The lowest BCUT2D eigenvalue weighted by molar-refractivity contribution is 0.388. The van der Waals surface area contributed by atoms with Crippen LogP contribution in [0, 0.1) is 0 Å². The molecule has 0 saturated heterocycles. The van der Waals surface area contributed by atoms with Crippen LogP contribution in [0.5, 0.6) is 5.88 Å². The Labute approximate surface area is 113 Å². The highest BCUT2D eigenvalue weighted by Crippen LogP contribution is 2.27. The minimum Gasteiger partial charge on any atom is -0.481 e. The number of aryl methyl sites for hydroxylation is 1. The molecule has 0 amide bonds. The van der Waals surface area contributed by atoms with E-state index in [9.17, 15) is 0 Å². The number of hydrogen-bond donors (Lipinski definition) is 1. The number of nitrogens with one attached hydrogen (secondary N) is 1. The smallest absolute Gasteiger partial charge is 0.218 e. The van der Waals surface area contributed by atoms with Crippen LogP contribution in [-0.4, -0.2) is 28.9 Å². The topological polar surface area (TPSA) is 52.0 Å². The highest BCUT2D eigenvalue weighted by atomic mass is 16.5. The van der Waals surface area contributed by atoms with E-state index in [0.717, 1.165) is 24.1 Å². The summed E-state index contributed by atoms with van der Waals surface area (Å²) in [4.78, 5) is 4.25. The third-order valence-corrected chi connectivity index (χ3v) is 3.03. The van der Waals surface area contributed by atoms with Gasteiger partial charge >= 0.3 is 0 Å². The van der Waals surface area contributed by atoms with E-state index in [1.54, 1.807) is 13.3 Å². The lowest BCUT2D eigenvalue weighted by atomic mass is 10.0. The molecule has 5 nitrogen and oxygen atoms in total. The first-order valence-electron chi connectivity index (χ1n) is 6.48. The molecular formula is C14H20N4O. The first kappa shape index (κ1) is 13.5. The van der Waals surface area contributed by atoms with Gasteiger partial charge in [0.2, 0.25) is 5.88 Å². The van der Waals surface area contributed by atoms with Crippen LogP contribution < -0.4 is 10.1 Å². The maximum atomic E-state index is 5.33. The van der Waals surface area contributed by atoms with E-state index in [1.807, 2.05) is 30.1 Å². The van der Waals surface area contributed by atoms with Gasteiger partial charge in [0.1, 0.15) is 0 Å². The molecule has 0 radical (unpaired) electrons. The van der Waals surface area contributed by atoms with Gasteiger partial charge in [0, 0.05) is 30.1 Å². The molecule has 5 heteroatoms. The minimum atomic E-state index is 0.0363. The molecule has 2 heterocycles. The highest BCUT2D eigenvalue weighted by Gasteiger charge is 2.18. The van der Waals surface area contributed by atoms with E-state index in [0.29, 0.717) is 5.88 Å². The Morgan fingerprint density at radius 1 is 1.47 bits per heavy atom. The molecule has 2 rings (SSSR count). The number of nitrogens with zero attached hydrogens (tertiary/aromatic N) is 3. The van der Waals surface area contributed by atoms with Crippen molar-refractivity contribution in [2.24, 2.45) is 0 Å². The van der Waals surface area contributed by atoms with Gasteiger partial charge in [-0.15, -0.1) is 0 Å². The summed E-state index contributed by atoms with van der Waals surface area (Å²) in [6.07, 6.45) is 6.76. The minimum absolute atomic E-state index is 0.0363. The Kier molecular flexibility index (Phi) is 4.52. The number of aromatic nitrogens is 3. The van der Waals surface area contributed by atoms with Gasteiger partial charge < -0.3 is 10.1 Å². The van der Waals surface area contributed by atoms with Crippen molar-refractivity contribution in [2.45, 2.75) is 25.9 Å². The van der Waals surface area contributed by atoms with Crippen LogP contribution in [0.2, 0.25) is 0 Å². The molecule has 19 heavy (non-hydrogen) atoms. The molecule has 102 valence electrons. The maximum absolute atomic E-state index is 5.33. The van der Waals surface area contributed by atoms with Gasteiger partial charge in [0.25, 0.3) is 0 Å².